The van der Waals surface area contributed by atoms with E-state index in [1.807, 2.05) is 29.3 Å². The minimum Gasteiger partial charge on any atom is -0.364 e. The van der Waals surface area contributed by atoms with Crippen LogP contribution in [0, 0.1) is 5.41 Å². The highest BCUT2D eigenvalue weighted by molar-refractivity contribution is 5.62. The molecule has 1 atom stereocenters. The van der Waals surface area contributed by atoms with Crippen molar-refractivity contribution in [2.24, 2.45) is 0 Å². The maximum absolute atomic E-state index is 10.5. The minimum absolute atomic E-state index is 0.0417. The number of aldehydes is 1. The lowest BCUT2D eigenvalue weighted by Crippen LogP contribution is -2.32. The van der Waals surface area contributed by atoms with E-state index in [1.54, 1.807) is 0 Å². The van der Waals surface area contributed by atoms with Crippen LogP contribution in [0.15, 0.2) is 24.4 Å². The fourth-order valence-electron chi connectivity index (χ4n) is 1.15. The molecule has 0 saturated carbocycles. The van der Waals surface area contributed by atoms with Crippen LogP contribution in [0.4, 0.5) is 0 Å². The van der Waals surface area contributed by atoms with Gasteiger partial charge in [0.15, 0.2) is 0 Å². The highest BCUT2D eigenvalue weighted by Gasteiger charge is 2.10. The van der Waals surface area contributed by atoms with Crippen molar-refractivity contribution in [3.8, 4) is 0 Å². The quantitative estimate of drug-likeness (QED) is 0.529. The zero-order valence-electron chi connectivity index (χ0n) is 7.94. The monoisotopic (exact) mass is 180 g/mol. The molecule has 0 aliphatic carbocycles. The molecule has 1 heterocycles. The normalized spacial score (nSPS) is 19.2. The first kappa shape index (κ1) is 11.6. The van der Waals surface area contributed by atoms with Crippen molar-refractivity contribution < 1.29 is 4.79 Å². The predicted octanol–water partition coefficient (Wildman–Crippen LogP) is 1.62. The van der Waals surface area contributed by atoms with Crippen LogP contribution in [0.5, 0.6) is 0 Å². The van der Waals surface area contributed by atoms with Crippen molar-refractivity contribution in [3.63, 3.8) is 0 Å². The Morgan fingerprint density at radius 1 is 1.54 bits per heavy atom. The third-order valence-electron chi connectivity index (χ3n) is 1.70. The van der Waals surface area contributed by atoms with Crippen LogP contribution in [0.1, 0.15) is 13.3 Å². The van der Waals surface area contributed by atoms with E-state index in [4.69, 9.17) is 5.41 Å². The van der Waals surface area contributed by atoms with Gasteiger partial charge in [-0.3, -0.25) is 0 Å². The minimum atomic E-state index is -0.0417. The van der Waals surface area contributed by atoms with Crippen LogP contribution in [-0.4, -0.2) is 30.5 Å². The summed E-state index contributed by atoms with van der Waals surface area (Å²) in [5.41, 5.74) is 0. The summed E-state index contributed by atoms with van der Waals surface area (Å²) in [7, 11) is 0. The summed E-state index contributed by atoms with van der Waals surface area (Å²) in [6, 6.07) is -0.0417. The highest BCUT2D eigenvalue weighted by Crippen LogP contribution is 2.06. The van der Waals surface area contributed by atoms with E-state index in [0.717, 1.165) is 19.3 Å². The lowest BCUT2D eigenvalue weighted by Gasteiger charge is -2.25. The van der Waals surface area contributed by atoms with Gasteiger partial charge in [-0.05, 0) is 19.2 Å². The molecule has 3 nitrogen and oxygen atoms in total. The van der Waals surface area contributed by atoms with Gasteiger partial charge in [0.2, 0.25) is 0 Å². The van der Waals surface area contributed by atoms with Gasteiger partial charge in [0.1, 0.15) is 12.3 Å². The van der Waals surface area contributed by atoms with Crippen LogP contribution in [0.2, 0.25) is 0 Å². The summed E-state index contributed by atoms with van der Waals surface area (Å²) in [4.78, 5) is 12.6. The van der Waals surface area contributed by atoms with Gasteiger partial charge in [0.05, 0.1) is 0 Å². The molecule has 3 heteroatoms. The van der Waals surface area contributed by atoms with Crippen LogP contribution in [0.25, 0.3) is 0 Å². The number of rotatable bonds is 3. The summed E-state index contributed by atoms with van der Waals surface area (Å²) in [5, 5.41) is 5.50. The van der Waals surface area contributed by atoms with Crippen molar-refractivity contribution in [3.05, 3.63) is 24.4 Å². The van der Waals surface area contributed by atoms with Gasteiger partial charge in [-0.2, -0.15) is 0 Å². The molecule has 1 rings (SSSR count). The van der Waals surface area contributed by atoms with E-state index in [9.17, 15) is 4.79 Å². The Hall–Kier alpha value is -1.38. The van der Waals surface area contributed by atoms with Crippen molar-refractivity contribution in [1.82, 2.24) is 4.90 Å². The molecule has 0 radical (unpaired) electrons. The SMILES string of the molecule is C=N.CCCN1C=CC=CC1C=O. The van der Waals surface area contributed by atoms with E-state index in [0.29, 0.717) is 0 Å². The van der Waals surface area contributed by atoms with Crippen molar-refractivity contribution in [2.75, 3.05) is 6.54 Å². The zero-order chi connectivity index (χ0) is 10.1. The largest absolute Gasteiger partial charge is 0.364 e. The molecular weight excluding hydrogens is 164 g/mol. The first-order valence-corrected chi connectivity index (χ1v) is 4.30. The molecule has 1 unspecified atom stereocenters. The van der Waals surface area contributed by atoms with Crippen molar-refractivity contribution >= 4 is 13.0 Å². The average Bonchev–Trinajstić information content (AvgIpc) is 2.22. The van der Waals surface area contributed by atoms with E-state index in [1.165, 1.54) is 0 Å². The lowest BCUT2D eigenvalue weighted by molar-refractivity contribution is -0.110. The second kappa shape index (κ2) is 7.28. The van der Waals surface area contributed by atoms with Gasteiger partial charge in [-0.25, -0.2) is 0 Å². The summed E-state index contributed by atoms with van der Waals surface area (Å²) in [5.74, 6) is 0. The molecule has 0 fully saturated rings. The van der Waals surface area contributed by atoms with Crippen molar-refractivity contribution in [2.45, 2.75) is 19.4 Å². The summed E-state index contributed by atoms with van der Waals surface area (Å²) in [6.45, 7) is 5.55. The number of nitrogens with one attached hydrogen (secondary N) is 1. The summed E-state index contributed by atoms with van der Waals surface area (Å²) in [6.07, 6.45) is 9.77. The molecule has 1 N–H and O–H groups in total. The fourth-order valence-corrected chi connectivity index (χ4v) is 1.15. The molecular formula is C10H16N2O. The standard InChI is InChI=1S/C9H13NO.CH3N/c1-2-6-10-7-4-3-5-9(10)8-11;1-2/h3-5,7-9H,2,6H2,1H3;2H,1H2. The first-order valence-electron chi connectivity index (χ1n) is 4.30. The molecule has 1 aliphatic rings. The number of carbonyl (C=O) groups excluding carboxylic acids is 1. The maximum Gasteiger partial charge on any atom is 0.146 e. The Bertz CT molecular complexity index is 199. The molecule has 0 amide bonds. The Morgan fingerprint density at radius 2 is 2.23 bits per heavy atom. The Kier molecular flexibility index (Phi) is 6.51. The number of allylic oxidation sites excluding steroid dienone is 2. The van der Waals surface area contributed by atoms with E-state index in [2.05, 4.69) is 13.6 Å². The zero-order valence-corrected chi connectivity index (χ0v) is 7.94. The van der Waals surface area contributed by atoms with Gasteiger partial charge in [0, 0.05) is 12.7 Å². The third-order valence-corrected chi connectivity index (χ3v) is 1.70. The third kappa shape index (κ3) is 3.69. The van der Waals surface area contributed by atoms with E-state index < -0.39 is 0 Å². The number of nitrogens with zero attached hydrogens (tertiary/aromatic N) is 1. The maximum atomic E-state index is 10.5. The van der Waals surface area contributed by atoms with Crippen LogP contribution in [-0.2, 0) is 4.79 Å². The van der Waals surface area contributed by atoms with Crippen LogP contribution in [0.3, 0.4) is 0 Å². The van der Waals surface area contributed by atoms with Gasteiger partial charge in [-0.1, -0.05) is 19.1 Å². The fraction of sp³-hybridized carbons (Fsp3) is 0.400. The van der Waals surface area contributed by atoms with Crippen LogP contribution < -0.4 is 0 Å². The highest BCUT2D eigenvalue weighted by atomic mass is 16.1. The molecule has 13 heavy (non-hydrogen) atoms. The smallest absolute Gasteiger partial charge is 0.146 e. The van der Waals surface area contributed by atoms with Gasteiger partial charge in [0.25, 0.3) is 0 Å². The lowest BCUT2D eigenvalue weighted by atomic mass is 10.2. The molecule has 0 bridgehead atoms. The van der Waals surface area contributed by atoms with E-state index in [-0.39, 0.29) is 6.04 Å². The number of hydrogen-bond acceptors (Lipinski definition) is 3. The first-order chi connectivity index (χ1) is 6.38. The molecule has 0 aromatic carbocycles. The molecule has 0 aromatic rings. The molecule has 0 aromatic heterocycles. The molecule has 0 spiro atoms. The second-order valence-electron chi connectivity index (χ2n) is 2.59. The van der Waals surface area contributed by atoms with Crippen LogP contribution >= 0.6 is 0 Å². The molecule has 72 valence electrons. The summed E-state index contributed by atoms with van der Waals surface area (Å²) < 4.78 is 0. The van der Waals surface area contributed by atoms with E-state index >= 15 is 0 Å². The topological polar surface area (TPSA) is 44.2 Å². The Balaban J connectivity index is 0.000000671. The second-order valence-corrected chi connectivity index (χ2v) is 2.59. The molecule has 1 aliphatic heterocycles. The number of carbonyl (C=O) groups is 1. The summed E-state index contributed by atoms with van der Waals surface area (Å²) >= 11 is 0. The van der Waals surface area contributed by atoms with Crippen molar-refractivity contribution in [1.29, 1.82) is 5.41 Å². The predicted molar refractivity (Wildman–Crippen MR) is 55.0 cm³/mol. The Morgan fingerprint density at radius 3 is 2.77 bits per heavy atom. The number of hydrogen-bond donors (Lipinski definition) is 1. The van der Waals surface area contributed by atoms with Gasteiger partial charge < -0.3 is 15.1 Å². The van der Waals surface area contributed by atoms with Gasteiger partial charge in [-0.15, -0.1) is 0 Å². The average molecular weight is 180 g/mol. The van der Waals surface area contributed by atoms with Gasteiger partial charge >= 0.3 is 0 Å². The molecule has 0 saturated heterocycles. The Labute approximate surface area is 79.3 Å².